The predicted molar refractivity (Wildman–Crippen MR) is 120 cm³/mol. The number of hydrogen-bond acceptors (Lipinski definition) is 6. The zero-order valence-corrected chi connectivity index (χ0v) is 18.4. The van der Waals surface area contributed by atoms with Gasteiger partial charge in [-0.05, 0) is 57.5 Å². The van der Waals surface area contributed by atoms with Crippen LogP contribution in [0.1, 0.15) is 44.7 Å². The van der Waals surface area contributed by atoms with Gasteiger partial charge in [-0.1, -0.05) is 19.1 Å². The first kappa shape index (κ1) is 21.0. The van der Waals surface area contributed by atoms with Crippen LogP contribution in [0.25, 0.3) is 15.9 Å². The van der Waals surface area contributed by atoms with Crippen molar-refractivity contribution < 1.29 is 9.53 Å². The Kier molecular flexibility index (Phi) is 6.07. The average Bonchev–Trinajstić information content (AvgIpc) is 3.07. The number of nitrogens with two attached hydrogens (primary N) is 1. The van der Waals surface area contributed by atoms with Crippen molar-refractivity contribution in [3.05, 3.63) is 47.1 Å². The minimum absolute atomic E-state index is 0.317. The minimum Gasteiger partial charge on any atom is -0.443 e. The number of rotatable bonds is 3. The molecule has 1 unspecified atom stereocenters. The quantitative estimate of drug-likeness (QED) is 0.734. The molecule has 6 nitrogen and oxygen atoms in total. The maximum Gasteiger partial charge on any atom is 0.414 e. The molecule has 0 bridgehead atoms. The number of thiazole rings is 1. The van der Waals surface area contributed by atoms with Gasteiger partial charge >= 0.3 is 6.09 Å². The topological polar surface area (TPSA) is 80.8 Å². The van der Waals surface area contributed by atoms with E-state index in [4.69, 9.17) is 15.5 Å². The molecule has 1 atom stereocenters. The Labute approximate surface area is 175 Å². The molecule has 3 rings (SSSR count). The number of aliphatic imine (C=N–C) groups is 1. The third kappa shape index (κ3) is 4.85. The van der Waals surface area contributed by atoms with E-state index in [0.29, 0.717) is 12.5 Å². The minimum atomic E-state index is -0.539. The number of allylic oxidation sites excluding steroid dienone is 2. The fourth-order valence-electron chi connectivity index (χ4n) is 3.20. The van der Waals surface area contributed by atoms with Crippen molar-refractivity contribution in [3.8, 4) is 0 Å². The van der Waals surface area contributed by atoms with Crippen molar-refractivity contribution in [1.29, 1.82) is 0 Å². The van der Waals surface area contributed by atoms with Gasteiger partial charge in [0.15, 0.2) is 0 Å². The highest BCUT2D eigenvalue weighted by Crippen LogP contribution is 2.32. The number of hydrogen-bond donors (Lipinski definition) is 1. The molecule has 154 valence electrons. The van der Waals surface area contributed by atoms with E-state index in [9.17, 15) is 4.79 Å². The van der Waals surface area contributed by atoms with Gasteiger partial charge in [0.2, 0.25) is 0 Å². The van der Waals surface area contributed by atoms with Gasteiger partial charge in [-0.15, -0.1) is 11.3 Å². The lowest BCUT2D eigenvalue weighted by molar-refractivity contribution is 0.0327. The maximum absolute atomic E-state index is 12.8. The van der Waals surface area contributed by atoms with Gasteiger partial charge in [0.1, 0.15) is 10.6 Å². The van der Waals surface area contributed by atoms with E-state index in [1.54, 1.807) is 29.4 Å². The van der Waals surface area contributed by atoms with Gasteiger partial charge in [0.25, 0.3) is 0 Å². The van der Waals surface area contributed by atoms with Crippen molar-refractivity contribution in [2.24, 2.45) is 16.6 Å². The van der Waals surface area contributed by atoms with Gasteiger partial charge in [0.05, 0.1) is 21.6 Å². The summed E-state index contributed by atoms with van der Waals surface area (Å²) in [6.45, 7) is 8.42. The molecule has 0 radical (unpaired) electrons. The summed E-state index contributed by atoms with van der Waals surface area (Å²) in [5.41, 5.74) is 8.43. The monoisotopic (exact) mass is 412 g/mol. The van der Waals surface area contributed by atoms with E-state index in [1.807, 2.05) is 39.0 Å². The molecule has 2 aromatic rings. The van der Waals surface area contributed by atoms with Gasteiger partial charge < -0.3 is 10.5 Å². The number of nitrogens with zero attached hydrogens (tertiary/aromatic N) is 3. The van der Waals surface area contributed by atoms with E-state index < -0.39 is 5.60 Å². The third-order valence-corrected chi connectivity index (χ3v) is 5.57. The third-order valence-electron chi connectivity index (χ3n) is 4.51. The predicted octanol–water partition coefficient (Wildman–Crippen LogP) is 4.81. The molecule has 2 N–H and O–H groups in total. The van der Waals surface area contributed by atoms with E-state index in [2.05, 4.69) is 18.0 Å². The number of carbonyl (C=O) groups excluding carboxylic acids is 1. The van der Waals surface area contributed by atoms with E-state index >= 15 is 0 Å². The molecular formula is C22H28N4O2S. The van der Waals surface area contributed by atoms with Crippen LogP contribution in [0.4, 0.5) is 4.79 Å². The van der Waals surface area contributed by atoms with Crippen LogP contribution in [0.2, 0.25) is 0 Å². The van der Waals surface area contributed by atoms with Crippen LogP contribution in [0.5, 0.6) is 0 Å². The van der Waals surface area contributed by atoms with E-state index in [0.717, 1.165) is 38.6 Å². The molecule has 0 aliphatic carbocycles. The summed E-state index contributed by atoms with van der Waals surface area (Å²) in [6.07, 6.45) is 5.93. The molecule has 0 fully saturated rings. The number of ether oxygens (including phenoxy) is 1. The van der Waals surface area contributed by atoms with Crippen LogP contribution < -0.4 is 5.73 Å². The van der Waals surface area contributed by atoms with Gasteiger partial charge in [-0.2, -0.15) is 0 Å². The zero-order chi connectivity index (χ0) is 21.2. The molecule has 1 amide bonds. The Morgan fingerprint density at radius 3 is 2.83 bits per heavy atom. The smallest absolute Gasteiger partial charge is 0.414 e. The first-order chi connectivity index (χ1) is 13.7. The number of benzene rings is 1. The Morgan fingerprint density at radius 2 is 2.17 bits per heavy atom. The van der Waals surface area contributed by atoms with Crippen LogP contribution >= 0.6 is 11.3 Å². The van der Waals surface area contributed by atoms with Crippen LogP contribution in [0.15, 0.2) is 41.5 Å². The highest BCUT2D eigenvalue weighted by atomic mass is 32.1. The van der Waals surface area contributed by atoms with E-state index in [-0.39, 0.29) is 6.09 Å². The highest BCUT2D eigenvalue weighted by Gasteiger charge is 2.29. The van der Waals surface area contributed by atoms with Crippen LogP contribution in [-0.2, 0) is 4.74 Å². The molecule has 1 aliphatic rings. The van der Waals surface area contributed by atoms with Crippen molar-refractivity contribution in [1.82, 2.24) is 9.88 Å². The van der Waals surface area contributed by atoms with Crippen molar-refractivity contribution >= 4 is 39.1 Å². The second-order valence-electron chi connectivity index (χ2n) is 8.19. The summed E-state index contributed by atoms with van der Waals surface area (Å²) >= 11 is 1.57. The van der Waals surface area contributed by atoms with Crippen molar-refractivity contribution in [2.75, 3.05) is 13.6 Å². The molecule has 29 heavy (non-hydrogen) atoms. The van der Waals surface area contributed by atoms with Crippen molar-refractivity contribution in [2.45, 2.75) is 39.7 Å². The summed E-state index contributed by atoms with van der Waals surface area (Å²) in [5, 5.41) is 0.816. The summed E-state index contributed by atoms with van der Waals surface area (Å²) in [6, 6.07) is 6.09. The van der Waals surface area contributed by atoms with Gasteiger partial charge in [-0.3, -0.25) is 9.89 Å². The molecule has 1 aromatic heterocycles. The lowest BCUT2D eigenvalue weighted by Crippen LogP contribution is -2.39. The Morgan fingerprint density at radius 1 is 1.41 bits per heavy atom. The second-order valence-corrected chi connectivity index (χ2v) is 9.22. The number of aromatic nitrogens is 1. The molecule has 7 heteroatoms. The summed E-state index contributed by atoms with van der Waals surface area (Å²) in [5.74, 6) is 0.382. The number of carbonyl (C=O) groups is 1. The Balaban J connectivity index is 1.97. The summed E-state index contributed by atoms with van der Waals surface area (Å²) in [4.78, 5) is 23.5. The largest absolute Gasteiger partial charge is 0.443 e. The molecule has 0 spiro atoms. The molecule has 2 heterocycles. The molecule has 0 saturated carbocycles. The Hall–Kier alpha value is -2.67. The van der Waals surface area contributed by atoms with E-state index in [1.165, 1.54) is 6.20 Å². The second kappa shape index (κ2) is 8.37. The maximum atomic E-state index is 12.8. The summed E-state index contributed by atoms with van der Waals surface area (Å²) < 4.78 is 6.70. The lowest BCUT2D eigenvalue weighted by Gasteiger charge is -2.33. The van der Waals surface area contributed by atoms with Crippen LogP contribution in [-0.4, -0.2) is 40.9 Å². The summed E-state index contributed by atoms with van der Waals surface area (Å²) in [7, 11) is 1.72. The molecule has 1 aromatic carbocycles. The number of fused-ring (bicyclic) bond motifs is 1. The number of amides is 1. The SMILES string of the molecule is CN=C(C=CN)c1nc2cc(C3=CCC(C)CN3C(=O)OC(C)(C)C)ccc2s1. The zero-order valence-electron chi connectivity index (χ0n) is 17.6. The fraction of sp³-hybridized carbons (Fsp3) is 0.409. The first-order valence-electron chi connectivity index (χ1n) is 9.69. The normalized spacial score (nSPS) is 18.4. The highest BCUT2D eigenvalue weighted by molar-refractivity contribution is 7.20. The van der Waals surface area contributed by atoms with Gasteiger partial charge in [-0.25, -0.2) is 9.78 Å². The Bertz CT molecular complexity index is 998. The van der Waals surface area contributed by atoms with Gasteiger partial charge in [0, 0.05) is 19.2 Å². The fourth-order valence-corrected chi connectivity index (χ4v) is 4.16. The lowest BCUT2D eigenvalue weighted by atomic mass is 9.98. The first-order valence-corrected chi connectivity index (χ1v) is 10.5. The van der Waals surface area contributed by atoms with Crippen molar-refractivity contribution in [3.63, 3.8) is 0 Å². The molecular weight excluding hydrogens is 384 g/mol. The van der Waals surface area contributed by atoms with Crippen LogP contribution in [0, 0.1) is 5.92 Å². The molecule has 0 saturated heterocycles. The standard InChI is InChI=1S/C22H28N4O2S/c1-14-6-8-18(26(13-14)21(27)28-22(2,3)4)15-7-9-19-17(12-15)25-20(29-19)16(24-5)10-11-23/h7-12,14H,6,13,23H2,1-5H3. The molecule has 1 aliphatic heterocycles. The van der Waals surface area contributed by atoms with Crippen LogP contribution in [0.3, 0.4) is 0 Å². The average molecular weight is 413 g/mol.